The second kappa shape index (κ2) is 6.79. The first-order chi connectivity index (χ1) is 10.00. The number of nitrogens with one attached hydrogen (secondary N) is 2. The zero-order valence-electron chi connectivity index (χ0n) is 13.0. The zero-order valence-corrected chi connectivity index (χ0v) is 14.6. The number of carbonyl (C=O) groups is 1. The van der Waals surface area contributed by atoms with Crippen LogP contribution >= 0.6 is 15.9 Å². The molecule has 1 heterocycles. The number of hydrogen-bond acceptors (Lipinski definition) is 3. The second-order valence-corrected chi connectivity index (χ2v) is 6.72. The Labute approximate surface area is 135 Å². The molecule has 1 aromatic rings. The van der Waals surface area contributed by atoms with Crippen LogP contribution < -0.4 is 15.5 Å². The topological polar surface area (TPSA) is 44.4 Å². The van der Waals surface area contributed by atoms with Gasteiger partial charge in [0, 0.05) is 36.8 Å². The van der Waals surface area contributed by atoms with Crippen molar-refractivity contribution in [3.63, 3.8) is 0 Å². The van der Waals surface area contributed by atoms with E-state index in [1.807, 2.05) is 6.92 Å². The molecular weight excluding hydrogens is 330 g/mol. The van der Waals surface area contributed by atoms with Crippen LogP contribution in [0.4, 0.5) is 5.69 Å². The van der Waals surface area contributed by atoms with Crippen molar-refractivity contribution in [2.75, 3.05) is 31.6 Å². The molecule has 2 N–H and O–H groups in total. The number of rotatable bonds is 5. The van der Waals surface area contributed by atoms with Gasteiger partial charge in [-0.05, 0) is 37.6 Å². The van der Waals surface area contributed by atoms with Crippen molar-refractivity contribution in [3.8, 4) is 0 Å². The third kappa shape index (κ3) is 3.58. The molecule has 1 amide bonds. The third-order valence-corrected chi connectivity index (χ3v) is 4.95. The number of halogens is 1. The largest absolute Gasteiger partial charge is 0.370 e. The maximum Gasteiger partial charge on any atom is 0.227 e. The van der Waals surface area contributed by atoms with Gasteiger partial charge >= 0.3 is 0 Å². The second-order valence-electron chi connectivity index (χ2n) is 5.87. The molecule has 0 aromatic heterocycles. The minimum Gasteiger partial charge on any atom is -0.370 e. The summed E-state index contributed by atoms with van der Waals surface area (Å²) in [5.41, 5.74) is 2.15. The van der Waals surface area contributed by atoms with Gasteiger partial charge in [-0.3, -0.25) is 4.79 Å². The highest BCUT2D eigenvalue weighted by atomic mass is 79.9. The molecule has 1 unspecified atom stereocenters. The molecular formula is C16H24BrN3O. The first-order valence-electron chi connectivity index (χ1n) is 7.46. The normalized spacial score (nSPS) is 21.6. The Bertz CT molecular complexity index is 520. The van der Waals surface area contributed by atoms with Crippen molar-refractivity contribution in [2.24, 2.45) is 5.41 Å². The molecule has 0 radical (unpaired) electrons. The van der Waals surface area contributed by atoms with E-state index in [1.165, 1.54) is 11.3 Å². The zero-order chi connectivity index (χ0) is 15.5. The predicted molar refractivity (Wildman–Crippen MR) is 90.5 cm³/mol. The lowest BCUT2D eigenvalue weighted by Gasteiger charge is -2.24. The lowest BCUT2D eigenvalue weighted by atomic mass is 9.89. The maximum atomic E-state index is 12.0. The molecule has 1 fully saturated rings. The summed E-state index contributed by atoms with van der Waals surface area (Å²) < 4.78 is 1.12. The van der Waals surface area contributed by atoms with Crippen LogP contribution in [-0.2, 0) is 11.3 Å². The van der Waals surface area contributed by atoms with Crippen LogP contribution in [0.15, 0.2) is 22.7 Å². The van der Waals surface area contributed by atoms with E-state index in [4.69, 9.17) is 0 Å². The number of anilines is 1. The first kappa shape index (κ1) is 16.3. The summed E-state index contributed by atoms with van der Waals surface area (Å²) in [4.78, 5) is 14.3. The summed E-state index contributed by atoms with van der Waals surface area (Å²) in [6.07, 6.45) is 0.892. The fraction of sp³-hybridized carbons (Fsp3) is 0.562. The van der Waals surface area contributed by atoms with Gasteiger partial charge < -0.3 is 15.5 Å². The summed E-state index contributed by atoms with van der Waals surface area (Å²) in [5, 5.41) is 6.11. The van der Waals surface area contributed by atoms with Crippen LogP contribution in [0.1, 0.15) is 25.8 Å². The summed E-state index contributed by atoms with van der Waals surface area (Å²) in [6.45, 7) is 7.67. The van der Waals surface area contributed by atoms with Gasteiger partial charge in [0.1, 0.15) is 0 Å². The van der Waals surface area contributed by atoms with Crippen LogP contribution in [-0.4, -0.2) is 32.6 Å². The summed E-state index contributed by atoms with van der Waals surface area (Å²) in [7, 11) is 1.71. The monoisotopic (exact) mass is 353 g/mol. The van der Waals surface area contributed by atoms with Gasteiger partial charge in [0.05, 0.1) is 5.41 Å². The smallest absolute Gasteiger partial charge is 0.227 e. The van der Waals surface area contributed by atoms with E-state index >= 15 is 0 Å². The minimum atomic E-state index is -0.288. The SMILES string of the molecule is CCNCc1ccc(N2CCC(C)(C(=O)NC)C2)cc1Br. The quantitative estimate of drug-likeness (QED) is 0.854. The Morgan fingerprint density at radius 3 is 2.86 bits per heavy atom. The van der Waals surface area contributed by atoms with E-state index in [1.54, 1.807) is 7.05 Å². The molecule has 5 heteroatoms. The fourth-order valence-corrected chi connectivity index (χ4v) is 3.31. The molecule has 1 atom stereocenters. The summed E-state index contributed by atoms with van der Waals surface area (Å²) >= 11 is 3.65. The summed E-state index contributed by atoms with van der Waals surface area (Å²) in [6, 6.07) is 6.45. The standard InChI is InChI=1S/C16H24BrN3O/c1-4-19-10-12-5-6-13(9-14(12)17)20-8-7-16(2,11-20)15(21)18-3/h5-6,9,19H,4,7-8,10-11H2,1-3H3,(H,18,21). The number of nitrogens with zero attached hydrogens (tertiary/aromatic N) is 1. The average Bonchev–Trinajstić information content (AvgIpc) is 2.89. The van der Waals surface area contributed by atoms with E-state index in [9.17, 15) is 4.79 Å². The van der Waals surface area contributed by atoms with Gasteiger partial charge in [-0.2, -0.15) is 0 Å². The molecule has 1 aliphatic rings. The fourth-order valence-electron chi connectivity index (χ4n) is 2.80. The molecule has 1 aliphatic heterocycles. The number of carbonyl (C=O) groups excluding carboxylic acids is 1. The molecule has 4 nitrogen and oxygen atoms in total. The molecule has 0 aliphatic carbocycles. The van der Waals surface area contributed by atoms with E-state index in [2.05, 4.69) is 56.6 Å². The predicted octanol–water partition coefficient (Wildman–Crippen LogP) is 2.52. The van der Waals surface area contributed by atoms with Gasteiger partial charge in [-0.1, -0.05) is 28.9 Å². The highest BCUT2D eigenvalue weighted by Gasteiger charge is 2.39. The first-order valence-corrected chi connectivity index (χ1v) is 8.26. The van der Waals surface area contributed by atoms with Gasteiger partial charge in [0.15, 0.2) is 0 Å². The Balaban J connectivity index is 2.10. The highest BCUT2D eigenvalue weighted by molar-refractivity contribution is 9.10. The lowest BCUT2D eigenvalue weighted by molar-refractivity contribution is -0.128. The molecule has 2 rings (SSSR count). The van der Waals surface area contributed by atoms with Crippen LogP contribution in [0.3, 0.4) is 0 Å². The van der Waals surface area contributed by atoms with Crippen molar-refractivity contribution in [1.82, 2.24) is 10.6 Å². The van der Waals surface area contributed by atoms with Crippen LogP contribution in [0.25, 0.3) is 0 Å². The number of benzene rings is 1. The Hall–Kier alpha value is -1.07. The van der Waals surface area contributed by atoms with E-state index in [0.29, 0.717) is 0 Å². The average molecular weight is 354 g/mol. The molecule has 0 saturated carbocycles. The van der Waals surface area contributed by atoms with Gasteiger partial charge in [0.25, 0.3) is 0 Å². The van der Waals surface area contributed by atoms with E-state index in [-0.39, 0.29) is 11.3 Å². The molecule has 1 aromatic carbocycles. The van der Waals surface area contributed by atoms with Crippen molar-refractivity contribution in [1.29, 1.82) is 0 Å². The molecule has 21 heavy (non-hydrogen) atoms. The van der Waals surface area contributed by atoms with Crippen LogP contribution in [0, 0.1) is 5.41 Å². The lowest BCUT2D eigenvalue weighted by Crippen LogP contribution is -2.39. The Kier molecular flexibility index (Phi) is 5.27. The molecule has 0 bridgehead atoms. The van der Waals surface area contributed by atoms with Gasteiger partial charge in [-0.15, -0.1) is 0 Å². The van der Waals surface area contributed by atoms with Crippen LogP contribution in [0.2, 0.25) is 0 Å². The van der Waals surface area contributed by atoms with Gasteiger partial charge in [0.2, 0.25) is 5.91 Å². The van der Waals surface area contributed by atoms with Crippen LogP contribution in [0.5, 0.6) is 0 Å². The third-order valence-electron chi connectivity index (χ3n) is 4.22. The number of amides is 1. The van der Waals surface area contributed by atoms with Crippen molar-refractivity contribution in [3.05, 3.63) is 28.2 Å². The Morgan fingerprint density at radius 2 is 2.24 bits per heavy atom. The molecule has 116 valence electrons. The maximum absolute atomic E-state index is 12.0. The van der Waals surface area contributed by atoms with E-state index < -0.39 is 0 Å². The van der Waals surface area contributed by atoms with Crippen molar-refractivity contribution >= 4 is 27.5 Å². The van der Waals surface area contributed by atoms with Gasteiger partial charge in [-0.25, -0.2) is 0 Å². The highest BCUT2D eigenvalue weighted by Crippen LogP contribution is 2.34. The Morgan fingerprint density at radius 1 is 1.48 bits per heavy atom. The molecule has 1 saturated heterocycles. The number of hydrogen-bond donors (Lipinski definition) is 2. The minimum absolute atomic E-state index is 0.132. The summed E-state index contributed by atoms with van der Waals surface area (Å²) in [5.74, 6) is 0.132. The molecule has 0 spiro atoms. The van der Waals surface area contributed by atoms with Crippen molar-refractivity contribution < 1.29 is 4.79 Å². The van der Waals surface area contributed by atoms with Crippen molar-refractivity contribution in [2.45, 2.75) is 26.8 Å². The van der Waals surface area contributed by atoms with E-state index in [0.717, 1.165) is 37.1 Å².